The van der Waals surface area contributed by atoms with Gasteiger partial charge in [0.1, 0.15) is 0 Å². The summed E-state index contributed by atoms with van der Waals surface area (Å²) in [7, 11) is 3.67. The minimum Gasteiger partial charge on any atom is -0.298 e. The first kappa shape index (κ1) is 8.20. The molecule has 0 bridgehead atoms. The van der Waals surface area contributed by atoms with Crippen LogP contribution in [-0.2, 0) is 9.59 Å². The minimum atomic E-state index is -0.175. The summed E-state index contributed by atoms with van der Waals surface area (Å²) in [5.74, 6) is -0.334. The summed E-state index contributed by atoms with van der Waals surface area (Å²) in [5, 5.41) is 2.29. The summed E-state index contributed by atoms with van der Waals surface area (Å²) in [6, 6.07) is -0.132. The Labute approximate surface area is 65.6 Å². The van der Waals surface area contributed by atoms with Crippen LogP contribution in [0.25, 0.3) is 0 Å². The standard InChI is InChI=1S/C7H12N2O2/c1-9(2)5-3-4-6(10)8-7(5)11/h5H,3-4H2,1-2H3,(H,8,10,11). The summed E-state index contributed by atoms with van der Waals surface area (Å²) in [5.41, 5.74) is 0. The van der Waals surface area contributed by atoms with E-state index in [4.69, 9.17) is 0 Å². The first-order chi connectivity index (χ1) is 5.11. The van der Waals surface area contributed by atoms with Gasteiger partial charge in [0.15, 0.2) is 0 Å². The second kappa shape index (κ2) is 3.00. The third-order valence-corrected chi connectivity index (χ3v) is 1.83. The number of likely N-dealkylation sites (N-methyl/N-ethyl adjacent to an activating group) is 1. The monoisotopic (exact) mass is 156 g/mol. The largest absolute Gasteiger partial charge is 0.298 e. The van der Waals surface area contributed by atoms with Crippen molar-refractivity contribution in [1.82, 2.24) is 10.2 Å². The number of hydrogen-bond acceptors (Lipinski definition) is 3. The molecule has 1 atom stereocenters. The van der Waals surface area contributed by atoms with Crippen LogP contribution in [0.15, 0.2) is 0 Å². The zero-order chi connectivity index (χ0) is 8.43. The van der Waals surface area contributed by atoms with Crippen molar-refractivity contribution in [2.24, 2.45) is 0 Å². The Morgan fingerprint density at radius 2 is 2.09 bits per heavy atom. The van der Waals surface area contributed by atoms with E-state index in [1.807, 2.05) is 19.0 Å². The fourth-order valence-corrected chi connectivity index (χ4v) is 1.17. The van der Waals surface area contributed by atoms with E-state index in [2.05, 4.69) is 5.32 Å². The summed E-state index contributed by atoms with van der Waals surface area (Å²) < 4.78 is 0. The highest BCUT2D eigenvalue weighted by molar-refractivity contribution is 6.00. The highest BCUT2D eigenvalue weighted by atomic mass is 16.2. The maximum absolute atomic E-state index is 11.1. The smallest absolute Gasteiger partial charge is 0.243 e. The average Bonchev–Trinajstić information content (AvgIpc) is 1.85. The Morgan fingerprint density at radius 1 is 1.45 bits per heavy atom. The lowest BCUT2D eigenvalue weighted by Crippen LogP contribution is -2.50. The van der Waals surface area contributed by atoms with E-state index in [1.165, 1.54) is 0 Å². The van der Waals surface area contributed by atoms with Gasteiger partial charge in [-0.15, -0.1) is 0 Å². The molecule has 0 radical (unpaired) electrons. The number of nitrogens with one attached hydrogen (secondary N) is 1. The normalized spacial score (nSPS) is 25.5. The first-order valence-electron chi connectivity index (χ1n) is 3.61. The number of carbonyl (C=O) groups is 2. The molecule has 1 aliphatic heterocycles. The molecule has 0 aromatic carbocycles. The van der Waals surface area contributed by atoms with Gasteiger partial charge in [0, 0.05) is 6.42 Å². The van der Waals surface area contributed by atoms with Crippen molar-refractivity contribution in [2.45, 2.75) is 18.9 Å². The SMILES string of the molecule is CN(C)C1CCC(=O)NC1=O. The van der Waals surface area contributed by atoms with Crippen molar-refractivity contribution in [2.75, 3.05) is 14.1 Å². The van der Waals surface area contributed by atoms with Gasteiger partial charge in [0.05, 0.1) is 6.04 Å². The Bertz CT molecular complexity index is 189. The van der Waals surface area contributed by atoms with Crippen LogP contribution in [0.3, 0.4) is 0 Å². The maximum Gasteiger partial charge on any atom is 0.243 e. The topological polar surface area (TPSA) is 49.4 Å². The van der Waals surface area contributed by atoms with E-state index in [9.17, 15) is 9.59 Å². The van der Waals surface area contributed by atoms with Crippen LogP contribution < -0.4 is 5.32 Å². The van der Waals surface area contributed by atoms with Crippen LogP contribution in [0.1, 0.15) is 12.8 Å². The van der Waals surface area contributed by atoms with E-state index in [-0.39, 0.29) is 17.9 Å². The Kier molecular flexibility index (Phi) is 2.24. The van der Waals surface area contributed by atoms with Gasteiger partial charge < -0.3 is 0 Å². The number of amides is 2. The number of nitrogens with zero attached hydrogens (tertiary/aromatic N) is 1. The minimum absolute atomic E-state index is 0.132. The van der Waals surface area contributed by atoms with Crippen LogP contribution >= 0.6 is 0 Å². The molecule has 1 saturated heterocycles. The number of imide groups is 1. The number of rotatable bonds is 1. The third kappa shape index (κ3) is 1.77. The van der Waals surface area contributed by atoms with E-state index in [1.54, 1.807) is 0 Å². The maximum atomic E-state index is 11.1. The quantitative estimate of drug-likeness (QED) is 0.513. The van der Waals surface area contributed by atoms with Crippen molar-refractivity contribution in [3.8, 4) is 0 Å². The van der Waals surface area contributed by atoms with Crippen LogP contribution in [0.4, 0.5) is 0 Å². The van der Waals surface area contributed by atoms with Crippen molar-refractivity contribution in [1.29, 1.82) is 0 Å². The highest BCUT2D eigenvalue weighted by Crippen LogP contribution is 2.08. The molecule has 1 unspecified atom stereocenters. The van der Waals surface area contributed by atoms with Crippen molar-refractivity contribution >= 4 is 11.8 Å². The van der Waals surface area contributed by atoms with Gasteiger partial charge in [-0.05, 0) is 20.5 Å². The molecule has 1 aliphatic rings. The highest BCUT2D eigenvalue weighted by Gasteiger charge is 2.27. The van der Waals surface area contributed by atoms with Crippen LogP contribution in [-0.4, -0.2) is 36.9 Å². The Balaban J connectivity index is 2.57. The lowest BCUT2D eigenvalue weighted by atomic mass is 10.1. The van der Waals surface area contributed by atoms with E-state index >= 15 is 0 Å². The van der Waals surface area contributed by atoms with Gasteiger partial charge in [-0.25, -0.2) is 0 Å². The summed E-state index contributed by atoms with van der Waals surface area (Å²) in [6.45, 7) is 0. The molecular formula is C7H12N2O2. The van der Waals surface area contributed by atoms with E-state index in [0.29, 0.717) is 12.8 Å². The molecule has 1 fully saturated rings. The molecule has 1 rings (SSSR count). The van der Waals surface area contributed by atoms with Gasteiger partial charge in [-0.1, -0.05) is 0 Å². The summed E-state index contributed by atoms with van der Waals surface area (Å²) in [6.07, 6.45) is 1.09. The number of hydrogen-bond donors (Lipinski definition) is 1. The molecule has 62 valence electrons. The molecule has 1 N–H and O–H groups in total. The van der Waals surface area contributed by atoms with Gasteiger partial charge in [-0.2, -0.15) is 0 Å². The van der Waals surface area contributed by atoms with Gasteiger partial charge in [0.2, 0.25) is 11.8 Å². The molecule has 1 heterocycles. The molecule has 0 spiro atoms. The predicted molar refractivity (Wildman–Crippen MR) is 39.9 cm³/mol. The number of carbonyl (C=O) groups excluding carboxylic acids is 2. The van der Waals surface area contributed by atoms with Gasteiger partial charge in [0.25, 0.3) is 0 Å². The zero-order valence-corrected chi connectivity index (χ0v) is 6.76. The molecule has 0 saturated carbocycles. The predicted octanol–water partition coefficient (Wildman–Crippen LogP) is -0.647. The average molecular weight is 156 g/mol. The molecule has 11 heavy (non-hydrogen) atoms. The lowest BCUT2D eigenvalue weighted by Gasteiger charge is -2.26. The van der Waals surface area contributed by atoms with Gasteiger partial charge in [-0.3, -0.25) is 19.8 Å². The van der Waals surface area contributed by atoms with Crippen molar-refractivity contribution in [3.05, 3.63) is 0 Å². The molecule has 0 aliphatic carbocycles. The van der Waals surface area contributed by atoms with Crippen molar-refractivity contribution in [3.63, 3.8) is 0 Å². The fourth-order valence-electron chi connectivity index (χ4n) is 1.17. The summed E-state index contributed by atoms with van der Waals surface area (Å²) >= 11 is 0. The first-order valence-corrected chi connectivity index (χ1v) is 3.61. The second-order valence-electron chi connectivity index (χ2n) is 2.93. The molecule has 4 heteroatoms. The second-order valence-corrected chi connectivity index (χ2v) is 2.93. The molecule has 0 aromatic heterocycles. The lowest BCUT2D eigenvalue weighted by molar-refractivity contribution is -0.136. The molecule has 4 nitrogen and oxygen atoms in total. The number of piperidine rings is 1. The molecule has 2 amide bonds. The molecular weight excluding hydrogens is 144 g/mol. The zero-order valence-electron chi connectivity index (χ0n) is 6.76. The van der Waals surface area contributed by atoms with Crippen LogP contribution in [0.2, 0.25) is 0 Å². The van der Waals surface area contributed by atoms with E-state index < -0.39 is 0 Å². The van der Waals surface area contributed by atoms with Crippen LogP contribution in [0.5, 0.6) is 0 Å². The van der Waals surface area contributed by atoms with Gasteiger partial charge >= 0.3 is 0 Å². The van der Waals surface area contributed by atoms with Crippen molar-refractivity contribution < 1.29 is 9.59 Å². The Morgan fingerprint density at radius 3 is 2.55 bits per heavy atom. The fraction of sp³-hybridized carbons (Fsp3) is 0.714. The Hall–Kier alpha value is -0.900. The van der Waals surface area contributed by atoms with E-state index in [0.717, 1.165) is 0 Å². The molecule has 0 aromatic rings. The summed E-state index contributed by atoms with van der Waals surface area (Å²) in [4.78, 5) is 23.6. The third-order valence-electron chi connectivity index (χ3n) is 1.83. The van der Waals surface area contributed by atoms with Crippen LogP contribution in [0, 0.1) is 0 Å².